The largest absolute Gasteiger partial charge is 1.00 e. The molecule has 0 unspecified atom stereocenters. The van der Waals surface area contributed by atoms with Gasteiger partial charge in [0, 0.05) is 0 Å². The van der Waals surface area contributed by atoms with Crippen molar-refractivity contribution in [1.82, 2.24) is 9.47 Å². The summed E-state index contributed by atoms with van der Waals surface area (Å²) in [5.41, 5.74) is 1.18. The van der Waals surface area contributed by atoms with Gasteiger partial charge >= 0.3 is 18.9 Å². The van der Waals surface area contributed by atoms with E-state index in [1.165, 1.54) is 5.52 Å². The average molecular weight is 210 g/mol. The van der Waals surface area contributed by atoms with Crippen molar-refractivity contribution in [2.45, 2.75) is 6.67 Å². The molecule has 0 aliphatic rings. The van der Waals surface area contributed by atoms with Gasteiger partial charge in [-0.05, 0) is 20.2 Å². The van der Waals surface area contributed by atoms with Crippen molar-refractivity contribution in [2.24, 2.45) is 0 Å². The smallest absolute Gasteiger partial charge is 0.510 e. The Bertz CT molecular complexity index is 465. The van der Waals surface area contributed by atoms with Crippen LogP contribution in [0.1, 0.15) is 0 Å². The van der Waals surface area contributed by atoms with E-state index < -0.39 is 0 Å². The van der Waals surface area contributed by atoms with Crippen molar-refractivity contribution in [3.63, 3.8) is 0 Å². The van der Waals surface area contributed by atoms with Crippen molar-refractivity contribution in [1.29, 1.82) is 0 Å². The molecule has 80 valence electrons. The summed E-state index contributed by atoms with van der Waals surface area (Å²) in [5.74, 6) is 0.876. The first-order valence-corrected chi connectivity index (χ1v) is 4.90. The molecule has 0 N–H and O–H groups in total. The van der Waals surface area contributed by atoms with Crippen LogP contribution in [0.2, 0.25) is 0 Å². The van der Waals surface area contributed by atoms with E-state index in [0.717, 1.165) is 17.8 Å². The molecule has 0 aliphatic carbocycles. The molecule has 0 atom stereocenters. The van der Waals surface area contributed by atoms with E-state index >= 15 is 0 Å². The SMILES string of the molecule is COc1ccc2c([c-]cn2CN(C)C)c1.[Li+]. The Labute approximate surface area is 108 Å². The van der Waals surface area contributed by atoms with Crippen molar-refractivity contribution in [3.8, 4) is 5.75 Å². The fraction of sp³-hybridized carbons (Fsp3) is 0.333. The van der Waals surface area contributed by atoms with E-state index in [4.69, 9.17) is 4.74 Å². The number of methoxy groups -OCH3 is 1. The molecule has 16 heavy (non-hydrogen) atoms. The van der Waals surface area contributed by atoms with Crippen molar-refractivity contribution < 1.29 is 23.6 Å². The molecule has 1 aromatic heterocycles. The summed E-state index contributed by atoms with van der Waals surface area (Å²) in [6, 6.07) is 9.26. The summed E-state index contributed by atoms with van der Waals surface area (Å²) in [7, 11) is 5.78. The van der Waals surface area contributed by atoms with Gasteiger partial charge in [-0.2, -0.15) is 11.5 Å². The molecule has 2 rings (SSSR count). The van der Waals surface area contributed by atoms with Gasteiger partial charge in [0.1, 0.15) is 0 Å². The first-order chi connectivity index (χ1) is 7.20. The van der Waals surface area contributed by atoms with Gasteiger partial charge in [-0.15, -0.1) is 6.07 Å². The van der Waals surface area contributed by atoms with Crippen LogP contribution in [-0.4, -0.2) is 30.7 Å². The zero-order valence-electron chi connectivity index (χ0n) is 10.3. The molecular weight excluding hydrogens is 195 g/mol. The number of ether oxygens (including phenoxy) is 1. The Morgan fingerprint density at radius 1 is 1.38 bits per heavy atom. The standard InChI is InChI=1S/C12H15N2O.Li/c1-13(2)9-14-7-6-10-8-11(15-3)4-5-12(10)14;/h4-5,7-8H,9H2,1-3H3;/q-1;+1. The number of benzene rings is 1. The summed E-state index contributed by atoms with van der Waals surface area (Å²) in [4.78, 5) is 2.12. The van der Waals surface area contributed by atoms with Crippen LogP contribution < -0.4 is 23.6 Å². The Morgan fingerprint density at radius 2 is 2.12 bits per heavy atom. The van der Waals surface area contributed by atoms with Gasteiger partial charge in [0.05, 0.1) is 19.5 Å². The molecule has 0 saturated heterocycles. The van der Waals surface area contributed by atoms with Crippen LogP contribution in [0.5, 0.6) is 5.75 Å². The van der Waals surface area contributed by atoms with Crippen LogP contribution in [0.3, 0.4) is 0 Å². The van der Waals surface area contributed by atoms with Crippen molar-refractivity contribution >= 4 is 10.9 Å². The summed E-state index contributed by atoms with van der Waals surface area (Å²) in [6.45, 7) is 0.867. The average Bonchev–Trinajstić information content (AvgIpc) is 2.60. The molecule has 0 spiro atoms. The van der Waals surface area contributed by atoms with E-state index in [0.29, 0.717) is 0 Å². The summed E-state index contributed by atoms with van der Waals surface area (Å²) >= 11 is 0. The molecule has 4 heteroatoms. The van der Waals surface area contributed by atoms with Gasteiger partial charge < -0.3 is 9.30 Å². The second-order valence-corrected chi connectivity index (χ2v) is 3.85. The summed E-state index contributed by atoms with van der Waals surface area (Å²) in [6.07, 6.45) is 1.98. The van der Waals surface area contributed by atoms with Gasteiger partial charge in [0.15, 0.2) is 0 Å². The maximum absolute atomic E-state index is 5.17. The number of aromatic nitrogens is 1. The van der Waals surface area contributed by atoms with E-state index in [1.54, 1.807) is 7.11 Å². The second kappa shape index (κ2) is 5.45. The van der Waals surface area contributed by atoms with Crippen LogP contribution in [0.25, 0.3) is 10.9 Å². The summed E-state index contributed by atoms with van der Waals surface area (Å²) in [5, 5.41) is 1.09. The molecule has 1 aromatic carbocycles. The van der Waals surface area contributed by atoms with Gasteiger partial charge in [0.2, 0.25) is 0 Å². The number of nitrogens with zero attached hydrogens (tertiary/aromatic N) is 2. The number of fused-ring (bicyclic) bond motifs is 1. The molecule has 0 fully saturated rings. The van der Waals surface area contributed by atoms with Crippen LogP contribution in [0.15, 0.2) is 24.4 Å². The zero-order valence-corrected chi connectivity index (χ0v) is 10.3. The molecular formula is C12H15LiN2O. The zero-order chi connectivity index (χ0) is 10.8. The Balaban J connectivity index is 0.00000128. The second-order valence-electron chi connectivity index (χ2n) is 3.85. The van der Waals surface area contributed by atoms with E-state index in [9.17, 15) is 0 Å². The first-order valence-electron chi connectivity index (χ1n) is 4.90. The van der Waals surface area contributed by atoms with E-state index in [-0.39, 0.29) is 18.9 Å². The minimum atomic E-state index is 0. The fourth-order valence-electron chi connectivity index (χ4n) is 1.65. The monoisotopic (exact) mass is 210 g/mol. The van der Waals surface area contributed by atoms with E-state index in [2.05, 4.69) is 35.7 Å². The maximum Gasteiger partial charge on any atom is 1.00 e. The van der Waals surface area contributed by atoms with Crippen molar-refractivity contribution in [2.75, 3.05) is 21.2 Å². The Morgan fingerprint density at radius 3 is 2.75 bits per heavy atom. The third-order valence-electron chi connectivity index (χ3n) is 2.32. The predicted molar refractivity (Wildman–Crippen MR) is 61.0 cm³/mol. The van der Waals surface area contributed by atoms with Crippen LogP contribution in [0, 0.1) is 6.07 Å². The quantitative estimate of drug-likeness (QED) is 0.476. The Kier molecular flexibility index (Phi) is 4.49. The van der Waals surface area contributed by atoms with Gasteiger partial charge in [-0.1, -0.05) is 17.8 Å². The van der Waals surface area contributed by atoms with Gasteiger partial charge in [-0.25, -0.2) is 0 Å². The molecule has 0 aliphatic heterocycles. The van der Waals surface area contributed by atoms with Crippen LogP contribution in [-0.2, 0) is 6.67 Å². The van der Waals surface area contributed by atoms with Gasteiger partial charge in [0.25, 0.3) is 0 Å². The minimum Gasteiger partial charge on any atom is -0.510 e. The topological polar surface area (TPSA) is 17.4 Å². The predicted octanol–water partition coefficient (Wildman–Crippen LogP) is -1.03. The van der Waals surface area contributed by atoms with Crippen molar-refractivity contribution in [3.05, 3.63) is 30.5 Å². The van der Waals surface area contributed by atoms with Crippen LogP contribution >= 0.6 is 0 Å². The number of hydrogen-bond acceptors (Lipinski definition) is 2. The molecule has 0 saturated carbocycles. The molecule has 1 heterocycles. The molecule has 0 radical (unpaired) electrons. The molecule has 0 amide bonds. The van der Waals surface area contributed by atoms with E-state index in [1.807, 2.05) is 18.3 Å². The minimum absolute atomic E-state index is 0. The fourth-order valence-corrected chi connectivity index (χ4v) is 1.65. The van der Waals surface area contributed by atoms with Gasteiger partial charge in [-0.3, -0.25) is 4.90 Å². The summed E-state index contributed by atoms with van der Waals surface area (Å²) < 4.78 is 7.33. The number of hydrogen-bond donors (Lipinski definition) is 0. The number of rotatable bonds is 3. The molecule has 0 bridgehead atoms. The first kappa shape index (κ1) is 13.2. The third-order valence-corrected chi connectivity index (χ3v) is 2.32. The maximum atomic E-state index is 5.17. The third kappa shape index (κ3) is 2.62. The Hall–Kier alpha value is -0.883. The van der Waals surface area contributed by atoms with Crippen LogP contribution in [0.4, 0.5) is 0 Å². The molecule has 2 aromatic rings. The molecule has 3 nitrogen and oxygen atoms in total. The normalized spacial score (nSPS) is 10.5.